The van der Waals surface area contributed by atoms with E-state index in [1.807, 2.05) is 6.92 Å². The number of methoxy groups -OCH3 is 1. The fraction of sp³-hybridized carbons (Fsp3) is 0.727. The monoisotopic (exact) mass is 288 g/mol. The van der Waals surface area contributed by atoms with Crippen molar-refractivity contribution in [2.24, 2.45) is 7.05 Å². The molecule has 1 aromatic rings. The molecular formula is C11H20N4O3S. The van der Waals surface area contributed by atoms with E-state index < -0.39 is 5.54 Å². The number of carbonyl (C=O) groups excluding carboxylic acids is 1. The van der Waals surface area contributed by atoms with Crippen LogP contribution in [0.15, 0.2) is 9.95 Å². The van der Waals surface area contributed by atoms with E-state index in [0.717, 1.165) is 12.2 Å². The second-order valence-electron chi connectivity index (χ2n) is 4.40. The van der Waals surface area contributed by atoms with E-state index in [1.165, 1.54) is 23.4 Å². The maximum Gasteiger partial charge on any atom is 0.343 e. The van der Waals surface area contributed by atoms with E-state index in [1.54, 1.807) is 14.1 Å². The van der Waals surface area contributed by atoms with E-state index in [0.29, 0.717) is 11.6 Å². The molecule has 0 saturated heterocycles. The molecule has 108 valence electrons. The quantitative estimate of drug-likeness (QED) is 0.421. The Kier molecular flexibility index (Phi) is 5.61. The summed E-state index contributed by atoms with van der Waals surface area (Å²) in [5.41, 5.74) is -0.899. The average Bonchev–Trinajstić information content (AvgIpc) is 2.74. The summed E-state index contributed by atoms with van der Waals surface area (Å²) in [6.45, 7) is 1.81. The Morgan fingerprint density at radius 2 is 2.32 bits per heavy atom. The smallest absolute Gasteiger partial charge is 0.343 e. The zero-order valence-electron chi connectivity index (χ0n) is 11.6. The van der Waals surface area contributed by atoms with Crippen LogP contribution >= 0.6 is 11.8 Å². The number of nitrogens with zero attached hydrogens (tertiary/aromatic N) is 2. The van der Waals surface area contributed by atoms with Gasteiger partial charge in [0.05, 0.1) is 7.11 Å². The molecule has 0 fully saturated rings. The third-order valence-electron chi connectivity index (χ3n) is 3.08. The summed E-state index contributed by atoms with van der Waals surface area (Å²) in [5, 5.41) is 9.91. The molecule has 1 heterocycles. The molecule has 0 bridgehead atoms. The molecule has 8 heteroatoms. The minimum atomic E-state index is -0.674. The minimum Gasteiger partial charge on any atom is -0.468 e. The van der Waals surface area contributed by atoms with Gasteiger partial charge in [0.25, 0.3) is 0 Å². The first-order valence-electron chi connectivity index (χ1n) is 5.96. The van der Waals surface area contributed by atoms with E-state index >= 15 is 0 Å². The fourth-order valence-corrected chi connectivity index (χ4v) is 2.46. The van der Waals surface area contributed by atoms with Gasteiger partial charge in [-0.25, -0.2) is 9.89 Å². The molecule has 0 aromatic carbocycles. The Morgan fingerprint density at radius 1 is 1.63 bits per heavy atom. The standard InChI is InChI=1S/C11H20N4O3S/c1-11(12-2,8(16)18-4)6-5-7-19-10-14-13-9(17)15(10)3/h12H,5-7H2,1-4H3,(H,13,17). The third kappa shape index (κ3) is 3.84. The Morgan fingerprint density at radius 3 is 2.79 bits per heavy atom. The van der Waals surface area contributed by atoms with Crippen molar-refractivity contribution in [2.75, 3.05) is 19.9 Å². The van der Waals surface area contributed by atoms with Crippen molar-refractivity contribution < 1.29 is 9.53 Å². The molecule has 0 saturated carbocycles. The van der Waals surface area contributed by atoms with Gasteiger partial charge in [-0.15, -0.1) is 5.10 Å². The third-order valence-corrected chi connectivity index (χ3v) is 4.19. The van der Waals surface area contributed by atoms with Crippen LogP contribution in [0.3, 0.4) is 0 Å². The maximum absolute atomic E-state index is 11.6. The number of aromatic nitrogens is 3. The topological polar surface area (TPSA) is 89.0 Å². The zero-order valence-corrected chi connectivity index (χ0v) is 12.5. The van der Waals surface area contributed by atoms with E-state index in [-0.39, 0.29) is 11.7 Å². The van der Waals surface area contributed by atoms with Crippen LogP contribution in [0.1, 0.15) is 19.8 Å². The van der Waals surface area contributed by atoms with Gasteiger partial charge in [-0.1, -0.05) is 11.8 Å². The van der Waals surface area contributed by atoms with Crippen LogP contribution < -0.4 is 11.0 Å². The Balaban J connectivity index is 2.44. The van der Waals surface area contributed by atoms with Crippen LogP contribution in [0.5, 0.6) is 0 Å². The lowest BCUT2D eigenvalue weighted by Crippen LogP contribution is -2.48. The molecule has 2 N–H and O–H groups in total. The summed E-state index contributed by atoms with van der Waals surface area (Å²) >= 11 is 1.48. The molecule has 0 aliphatic heterocycles. The van der Waals surface area contributed by atoms with Crippen molar-refractivity contribution >= 4 is 17.7 Å². The molecule has 1 atom stereocenters. The highest BCUT2D eigenvalue weighted by molar-refractivity contribution is 7.99. The first kappa shape index (κ1) is 15.8. The Bertz CT molecular complexity index is 485. The molecule has 1 unspecified atom stereocenters. The van der Waals surface area contributed by atoms with Gasteiger partial charge in [0.1, 0.15) is 5.54 Å². The summed E-state index contributed by atoms with van der Waals surface area (Å²) in [7, 11) is 4.79. The number of H-pyrrole nitrogens is 1. The first-order valence-corrected chi connectivity index (χ1v) is 6.94. The van der Waals surface area contributed by atoms with Crippen molar-refractivity contribution in [3.05, 3.63) is 10.5 Å². The molecule has 0 amide bonds. The summed E-state index contributed by atoms with van der Waals surface area (Å²) in [6.07, 6.45) is 1.46. The molecular weight excluding hydrogens is 268 g/mol. The summed E-state index contributed by atoms with van der Waals surface area (Å²) in [5.74, 6) is 0.499. The predicted octanol–water partition coefficient (Wildman–Crippen LogP) is 0.132. The number of aromatic amines is 1. The van der Waals surface area contributed by atoms with Gasteiger partial charge in [0.2, 0.25) is 0 Å². The number of hydrogen-bond donors (Lipinski definition) is 2. The number of rotatable bonds is 7. The second-order valence-corrected chi connectivity index (χ2v) is 5.46. The highest BCUT2D eigenvalue weighted by Crippen LogP contribution is 2.19. The SMILES string of the molecule is CNC(C)(CCCSc1n[nH]c(=O)n1C)C(=O)OC. The number of hydrogen-bond acceptors (Lipinski definition) is 6. The maximum atomic E-state index is 11.6. The summed E-state index contributed by atoms with van der Waals surface area (Å²) in [4.78, 5) is 22.8. The van der Waals surface area contributed by atoms with Gasteiger partial charge in [0, 0.05) is 12.8 Å². The van der Waals surface area contributed by atoms with Crippen LogP contribution in [0, 0.1) is 0 Å². The van der Waals surface area contributed by atoms with Gasteiger partial charge in [-0.3, -0.25) is 9.36 Å². The van der Waals surface area contributed by atoms with Gasteiger partial charge >= 0.3 is 11.7 Å². The largest absolute Gasteiger partial charge is 0.468 e. The van der Waals surface area contributed by atoms with Gasteiger partial charge in [-0.2, -0.15) is 0 Å². The van der Waals surface area contributed by atoms with Crippen molar-refractivity contribution in [3.63, 3.8) is 0 Å². The van der Waals surface area contributed by atoms with E-state index in [2.05, 4.69) is 15.5 Å². The van der Waals surface area contributed by atoms with Crippen molar-refractivity contribution in [2.45, 2.75) is 30.5 Å². The lowest BCUT2D eigenvalue weighted by molar-refractivity contribution is -0.148. The number of nitrogens with one attached hydrogen (secondary N) is 2. The van der Waals surface area contributed by atoms with Crippen molar-refractivity contribution in [1.82, 2.24) is 20.1 Å². The number of ether oxygens (including phenoxy) is 1. The zero-order chi connectivity index (χ0) is 14.5. The van der Waals surface area contributed by atoms with Gasteiger partial charge < -0.3 is 10.1 Å². The van der Waals surface area contributed by atoms with Gasteiger partial charge in [0.15, 0.2) is 5.16 Å². The van der Waals surface area contributed by atoms with Crippen LogP contribution in [0.2, 0.25) is 0 Å². The number of esters is 1. The molecule has 1 aromatic heterocycles. The number of thioether (sulfide) groups is 1. The molecule has 0 aliphatic carbocycles. The fourth-order valence-electron chi connectivity index (χ4n) is 1.61. The van der Waals surface area contributed by atoms with Crippen molar-refractivity contribution in [1.29, 1.82) is 0 Å². The predicted molar refractivity (Wildman–Crippen MR) is 73.3 cm³/mol. The Hall–Kier alpha value is -1.28. The van der Waals surface area contributed by atoms with E-state index in [4.69, 9.17) is 4.74 Å². The van der Waals surface area contributed by atoms with Crippen LogP contribution in [0.25, 0.3) is 0 Å². The highest BCUT2D eigenvalue weighted by Gasteiger charge is 2.31. The van der Waals surface area contributed by atoms with Gasteiger partial charge in [-0.05, 0) is 26.8 Å². The minimum absolute atomic E-state index is 0.225. The number of carbonyl (C=O) groups is 1. The van der Waals surface area contributed by atoms with Crippen LogP contribution in [-0.2, 0) is 16.6 Å². The molecule has 0 aliphatic rings. The second kappa shape index (κ2) is 6.76. The van der Waals surface area contributed by atoms with Crippen molar-refractivity contribution in [3.8, 4) is 0 Å². The molecule has 1 rings (SSSR count). The lowest BCUT2D eigenvalue weighted by atomic mass is 9.97. The number of likely N-dealkylation sites (N-methyl/N-ethyl adjacent to an activating group) is 1. The molecule has 0 spiro atoms. The summed E-state index contributed by atoms with van der Waals surface area (Å²) in [6, 6.07) is 0. The molecule has 7 nitrogen and oxygen atoms in total. The molecule has 19 heavy (non-hydrogen) atoms. The Labute approximate surface area is 116 Å². The molecule has 0 radical (unpaired) electrons. The van der Waals surface area contributed by atoms with Crippen LogP contribution in [-0.4, -0.2) is 46.2 Å². The summed E-state index contributed by atoms with van der Waals surface area (Å²) < 4.78 is 6.23. The van der Waals surface area contributed by atoms with Crippen LogP contribution in [0.4, 0.5) is 0 Å². The normalized spacial score (nSPS) is 14.1. The average molecular weight is 288 g/mol. The van der Waals surface area contributed by atoms with E-state index in [9.17, 15) is 9.59 Å². The first-order chi connectivity index (χ1) is 8.94. The highest BCUT2D eigenvalue weighted by atomic mass is 32.2. The lowest BCUT2D eigenvalue weighted by Gasteiger charge is -2.25.